The van der Waals surface area contributed by atoms with E-state index in [4.69, 9.17) is 0 Å². The van der Waals surface area contributed by atoms with E-state index in [0.29, 0.717) is 13.0 Å². The Morgan fingerprint density at radius 3 is 2.63 bits per heavy atom. The van der Waals surface area contributed by atoms with Gasteiger partial charge in [-0.05, 0) is 18.9 Å². The molecule has 1 aromatic rings. The molecule has 1 aromatic carbocycles. The maximum atomic E-state index is 11.6. The van der Waals surface area contributed by atoms with Crippen LogP contribution in [0.15, 0.2) is 30.3 Å². The maximum Gasteiger partial charge on any atom is 0.315 e. The van der Waals surface area contributed by atoms with Gasteiger partial charge in [0.15, 0.2) is 0 Å². The number of carbonyl (C=O) groups is 1. The Balaban J connectivity index is 2.14. The van der Waals surface area contributed by atoms with E-state index < -0.39 is 18.2 Å². The van der Waals surface area contributed by atoms with Crippen molar-refractivity contribution >= 4 is 6.03 Å². The molecule has 0 aromatic heterocycles. The first kappa shape index (κ1) is 13.8. The molecule has 4 N–H and O–H groups in total. The van der Waals surface area contributed by atoms with Crippen molar-refractivity contribution in [3.05, 3.63) is 35.9 Å². The maximum absolute atomic E-state index is 11.6. The van der Waals surface area contributed by atoms with Crippen molar-refractivity contribution in [1.29, 1.82) is 0 Å². The summed E-state index contributed by atoms with van der Waals surface area (Å²) in [5.41, 5.74) is 1.01. The van der Waals surface area contributed by atoms with E-state index in [2.05, 4.69) is 10.6 Å². The van der Waals surface area contributed by atoms with Gasteiger partial charge in [-0.1, -0.05) is 30.3 Å². The molecule has 1 fully saturated rings. The number of aliphatic hydroxyl groups is 2. The molecule has 0 saturated heterocycles. The highest BCUT2D eigenvalue weighted by molar-refractivity contribution is 5.74. The zero-order valence-corrected chi connectivity index (χ0v) is 10.9. The molecule has 2 rings (SSSR count). The number of nitrogens with one attached hydrogen (secondary N) is 2. The number of rotatable bonds is 3. The average molecular weight is 264 g/mol. The lowest BCUT2D eigenvalue weighted by atomic mass is 9.94. The molecule has 1 aliphatic carbocycles. The molecule has 19 heavy (non-hydrogen) atoms. The van der Waals surface area contributed by atoms with Gasteiger partial charge in [0.1, 0.15) is 6.10 Å². The molecule has 0 aliphatic heterocycles. The van der Waals surface area contributed by atoms with Crippen molar-refractivity contribution in [2.45, 2.75) is 37.5 Å². The lowest BCUT2D eigenvalue weighted by Crippen LogP contribution is -2.49. The Hall–Kier alpha value is -1.59. The lowest BCUT2D eigenvalue weighted by Gasteiger charge is -2.23. The standard InChI is InChI=1S/C14H20N2O3/c1-2-15-14(19)16-12-10(8-11(17)13(12)18)9-6-4-3-5-7-9/h3-7,10-13,17-18H,2,8H2,1H3,(H2,15,16,19)/t10-,11-,12-,13-/m1/s1. The monoisotopic (exact) mass is 264 g/mol. The third-order valence-electron chi connectivity index (χ3n) is 3.55. The fourth-order valence-electron chi connectivity index (χ4n) is 2.62. The summed E-state index contributed by atoms with van der Waals surface area (Å²) in [5, 5.41) is 25.2. The van der Waals surface area contributed by atoms with Gasteiger partial charge < -0.3 is 20.8 Å². The molecule has 2 amide bonds. The van der Waals surface area contributed by atoms with Crippen molar-refractivity contribution < 1.29 is 15.0 Å². The molecule has 5 nitrogen and oxygen atoms in total. The van der Waals surface area contributed by atoms with Gasteiger partial charge in [-0.15, -0.1) is 0 Å². The van der Waals surface area contributed by atoms with Gasteiger partial charge in [0.2, 0.25) is 0 Å². The van der Waals surface area contributed by atoms with Crippen LogP contribution in [-0.2, 0) is 0 Å². The van der Waals surface area contributed by atoms with Crippen LogP contribution >= 0.6 is 0 Å². The predicted octanol–water partition coefficient (Wildman–Crippen LogP) is 0.583. The average Bonchev–Trinajstić information content (AvgIpc) is 2.68. The number of hydrogen-bond donors (Lipinski definition) is 4. The van der Waals surface area contributed by atoms with Crippen molar-refractivity contribution in [3.8, 4) is 0 Å². The smallest absolute Gasteiger partial charge is 0.315 e. The van der Waals surface area contributed by atoms with Gasteiger partial charge in [-0.2, -0.15) is 0 Å². The second kappa shape index (κ2) is 6.04. The van der Waals surface area contributed by atoms with Gasteiger partial charge in [0.25, 0.3) is 0 Å². The minimum atomic E-state index is -0.937. The summed E-state index contributed by atoms with van der Waals surface area (Å²) in [5.74, 6) is -0.0752. The topological polar surface area (TPSA) is 81.6 Å². The highest BCUT2D eigenvalue weighted by Crippen LogP contribution is 2.35. The van der Waals surface area contributed by atoms with Crippen LogP contribution < -0.4 is 10.6 Å². The van der Waals surface area contributed by atoms with Crippen LogP contribution in [0.4, 0.5) is 4.79 Å². The molecule has 0 unspecified atom stereocenters. The third kappa shape index (κ3) is 3.05. The Morgan fingerprint density at radius 2 is 2.00 bits per heavy atom. The fourth-order valence-corrected chi connectivity index (χ4v) is 2.62. The highest BCUT2D eigenvalue weighted by atomic mass is 16.3. The molecule has 0 heterocycles. The fraction of sp³-hybridized carbons (Fsp3) is 0.500. The molecule has 104 valence electrons. The first-order valence-electron chi connectivity index (χ1n) is 6.59. The van der Waals surface area contributed by atoms with Crippen LogP contribution in [0.3, 0.4) is 0 Å². The molecular weight excluding hydrogens is 244 g/mol. The van der Waals surface area contributed by atoms with Crippen molar-refractivity contribution in [1.82, 2.24) is 10.6 Å². The summed E-state index contributed by atoms with van der Waals surface area (Å²) < 4.78 is 0. The molecule has 4 atom stereocenters. The quantitative estimate of drug-likeness (QED) is 0.645. The van der Waals surface area contributed by atoms with E-state index in [1.807, 2.05) is 37.3 Å². The number of carbonyl (C=O) groups excluding carboxylic acids is 1. The van der Waals surface area contributed by atoms with E-state index in [0.717, 1.165) is 5.56 Å². The Bertz CT molecular complexity index is 424. The molecule has 0 radical (unpaired) electrons. The number of benzene rings is 1. The SMILES string of the molecule is CCNC(=O)N[C@H]1[C@H](O)[C@H](O)C[C@@H]1c1ccccc1. The lowest BCUT2D eigenvalue weighted by molar-refractivity contribution is 0.0319. The highest BCUT2D eigenvalue weighted by Gasteiger charge is 2.42. The molecule has 0 spiro atoms. The Labute approximate surface area is 112 Å². The van der Waals surface area contributed by atoms with Crippen LogP contribution in [0.25, 0.3) is 0 Å². The molecular formula is C14H20N2O3. The number of hydrogen-bond acceptors (Lipinski definition) is 3. The Kier molecular flexibility index (Phi) is 4.39. The van der Waals surface area contributed by atoms with Gasteiger partial charge in [-0.25, -0.2) is 4.79 Å². The first-order chi connectivity index (χ1) is 9.13. The minimum Gasteiger partial charge on any atom is -0.390 e. The number of aliphatic hydroxyl groups excluding tert-OH is 2. The summed E-state index contributed by atoms with van der Waals surface area (Å²) in [6.07, 6.45) is -1.30. The minimum absolute atomic E-state index is 0.0752. The molecule has 1 saturated carbocycles. The second-order valence-electron chi connectivity index (χ2n) is 4.84. The second-order valence-corrected chi connectivity index (χ2v) is 4.84. The van der Waals surface area contributed by atoms with E-state index in [9.17, 15) is 15.0 Å². The normalized spacial score (nSPS) is 30.1. The van der Waals surface area contributed by atoms with Crippen LogP contribution in [0.5, 0.6) is 0 Å². The zero-order valence-electron chi connectivity index (χ0n) is 10.9. The summed E-state index contributed by atoms with van der Waals surface area (Å²) in [6.45, 7) is 2.35. The number of amides is 2. The van der Waals surface area contributed by atoms with Gasteiger partial charge >= 0.3 is 6.03 Å². The Morgan fingerprint density at radius 1 is 1.32 bits per heavy atom. The van der Waals surface area contributed by atoms with E-state index >= 15 is 0 Å². The number of urea groups is 1. The molecule has 1 aliphatic rings. The van der Waals surface area contributed by atoms with Crippen LogP contribution in [0, 0.1) is 0 Å². The first-order valence-corrected chi connectivity index (χ1v) is 6.59. The summed E-state index contributed by atoms with van der Waals surface area (Å²) >= 11 is 0. The van der Waals surface area contributed by atoms with Crippen LogP contribution in [0.1, 0.15) is 24.8 Å². The summed E-state index contributed by atoms with van der Waals surface area (Å²) in [4.78, 5) is 11.6. The largest absolute Gasteiger partial charge is 0.390 e. The van der Waals surface area contributed by atoms with Crippen molar-refractivity contribution in [2.24, 2.45) is 0 Å². The third-order valence-corrected chi connectivity index (χ3v) is 3.55. The summed E-state index contributed by atoms with van der Waals surface area (Å²) in [7, 11) is 0. The van der Waals surface area contributed by atoms with Gasteiger partial charge in [-0.3, -0.25) is 0 Å². The van der Waals surface area contributed by atoms with Crippen molar-refractivity contribution in [2.75, 3.05) is 6.54 Å². The van der Waals surface area contributed by atoms with Gasteiger partial charge in [0, 0.05) is 12.5 Å². The van der Waals surface area contributed by atoms with Gasteiger partial charge in [0.05, 0.1) is 12.1 Å². The predicted molar refractivity (Wildman–Crippen MR) is 71.8 cm³/mol. The van der Waals surface area contributed by atoms with E-state index in [1.54, 1.807) is 0 Å². The molecule has 5 heteroatoms. The van der Waals surface area contributed by atoms with Crippen LogP contribution in [-0.4, -0.2) is 41.0 Å². The van der Waals surface area contributed by atoms with E-state index in [1.165, 1.54) is 0 Å². The molecule has 0 bridgehead atoms. The summed E-state index contributed by atoms with van der Waals surface area (Å²) in [6, 6.07) is 8.84. The zero-order chi connectivity index (χ0) is 13.8. The van der Waals surface area contributed by atoms with E-state index in [-0.39, 0.29) is 11.9 Å². The van der Waals surface area contributed by atoms with Crippen molar-refractivity contribution in [3.63, 3.8) is 0 Å². The van der Waals surface area contributed by atoms with Crippen LogP contribution in [0.2, 0.25) is 0 Å².